The predicted molar refractivity (Wildman–Crippen MR) is 89.5 cm³/mol. The van der Waals surface area contributed by atoms with E-state index in [1.54, 1.807) is 6.92 Å². The first kappa shape index (κ1) is 16.4. The number of hydrogen-bond acceptors (Lipinski definition) is 5. The van der Waals surface area contributed by atoms with Gasteiger partial charge in [-0.3, -0.25) is 4.79 Å². The molecular weight excluding hydrogens is 306 g/mol. The number of aromatic nitrogens is 1. The minimum absolute atomic E-state index is 0.0120. The lowest BCUT2D eigenvalue weighted by molar-refractivity contribution is -0.147. The third-order valence-electron chi connectivity index (χ3n) is 4.47. The van der Waals surface area contributed by atoms with Crippen LogP contribution >= 0.6 is 0 Å². The zero-order valence-electron chi connectivity index (χ0n) is 14.2. The Balaban J connectivity index is 1.95. The van der Waals surface area contributed by atoms with E-state index < -0.39 is 5.97 Å². The summed E-state index contributed by atoms with van der Waals surface area (Å²) >= 11 is 0. The molecule has 24 heavy (non-hydrogen) atoms. The van der Waals surface area contributed by atoms with Crippen LogP contribution in [-0.2, 0) is 20.9 Å². The number of carbonyl (C=O) groups excluding carboxylic acids is 2. The van der Waals surface area contributed by atoms with Crippen molar-refractivity contribution in [3.8, 4) is 0 Å². The molecule has 1 aromatic heterocycles. The van der Waals surface area contributed by atoms with Gasteiger partial charge in [0.25, 0.3) is 0 Å². The van der Waals surface area contributed by atoms with Gasteiger partial charge in [-0.25, -0.2) is 9.78 Å². The van der Waals surface area contributed by atoms with Crippen LogP contribution in [0.3, 0.4) is 0 Å². The minimum Gasteiger partial charge on any atom is -0.462 e. The standard InChI is InChI=1S/C19H21NO4/c1-4-23-19(22)17-12(3)13-7-5-6-8-15(13)20-16(17)10-24-18(21)14-9-11(14)2/h5-8,11,14H,4,9-10H2,1-3H3/t11-,14+/m0/s1. The van der Waals surface area contributed by atoms with Gasteiger partial charge < -0.3 is 9.47 Å². The van der Waals surface area contributed by atoms with Gasteiger partial charge in [0.2, 0.25) is 0 Å². The summed E-state index contributed by atoms with van der Waals surface area (Å²) in [6.45, 7) is 5.92. The van der Waals surface area contributed by atoms with Crippen molar-refractivity contribution in [1.82, 2.24) is 4.98 Å². The number of para-hydroxylation sites is 1. The van der Waals surface area contributed by atoms with Gasteiger partial charge in [-0.2, -0.15) is 0 Å². The Kier molecular flexibility index (Phi) is 4.51. The molecule has 126 valence electrons. The monoisotopic (exact) mass is 327 g/mol. The van der Waals surface area contributed by atoms with Gasteiger partial charge in [0.15, 0.2) is 0 Å². The van der Waals surface area contributed by atoms with Crippen molar-refractivity contribution in [2.75, 3.05) is 6.61 Å². The summed E-state index contributed by atoms with van der Waals surface area (Å²) in [7, 11) is 0. The van der Waals surface area contributed by atoms with E-state index in [0.29, 0.717) is 17.2 Å². The lowest BCUT2D eigenvalue weighted by atomic mass is 10.0. The molecule has 3 rings (SSSR count). The van der Waals surface area contributed by atoms with Crippen LogP contribution < -0.4 is 0 Å². The van der Waals surface area contributed by atoms with Crippen molar-refractivity contribution in [3.63, 3.8) is 0 Å². The lowest BCUT2D eigenvalue weighted by Crippen LogP contribution is -2.15. The zero-order chi connectivity index (χ0) is 17.3. The molecule has 1 aromatic carbocycles. The summed E-state index contributed by atoms with van der Waals surface area (Å²) in [6, 6.07) is 7.59. The summed E-state index contributed by atoms with van der Waals surface area (Å²) in [5, 5.41) is 0.895. The van der Waals surface area contributed by atoms with E-state index in [1.807, 2.05) is 38.1 Å². The van der Waals surface area contributed by atoms with Crippen molar-refractivity contribution in [2.45, 2.75) is 33.8 Å². The first-order chi connectivity index (χ1) is 11.5. The second kappa shape index (κ2) is 6.59. The van der Waals surface area contributed by atoms with Crippen molar-refractivity contribution < 1.29 is 19.1 Å². The normalized spacial score (nSPS) is 19.1. The van der Waals surface area contributed by atoms with Gasteiger partial charge in [-0.15, -0.1) is 0 Å². The molecule has 0 N–H and O–H groups in total. The molecular formula is C19H21NO4. The van der Waals surface area contributed by atoms with Gasteiger partial charge in [0.1, 0.15) is 6.61 Å². The van der Waals surface area contributed by atoms with E-state index in [2.05, 4.69) is 4.98 Å². The molecule has 1 heterocycles. The number of pyridine rings is 1. The molecule has 2 atom stereocenters. The van der Waals surface area contributed by atoms with Crippen LogP contribution in [0.1, 0.15) is 41.9 Å². The van der Waals surface area contributed by atoms with Gasteiger partial charge in [0, 0.05) is 5.39 Å². The Morgan fingerprint density at radius 3 is 2.62 bits per heavy atom. The third kappa shape index (κ3) is 3.11. The number of fused-ring (bicyclic) bond motifs is 1. The van der Waals surface area contributed by atoms with Crippen molar-refractivity contribution in [1.29, 1.82) is 0 Å². The number of aryl methyl sites for hydroxylation is 1. The first-order valence-corrected chi connectivity index (χ1v) is 8.24. The molecule has 1 fully saturated rings. The second-order valence-electron chi connectivity index (χ2n) is 6.22. The highest BCUT2D eigenvalue weighted by Crippen LogP contribution is 2.38. The summed E-state index contributed by atoms with van der Waals surface area (Å²) < 4.78 is 10.5. The topological polar surface area (TPSA) is 65.5 Å². The van der Waals surface area contributed by atoms with Crippen LogP contribution in [0.25, 0.3) is 10.9 Å². The van der Waals surface area contributed by atoms with Crippen LogP contribution in [0.2, 0.25) is 0 Å². The van der Waals surface area contributed by atoms with E-state index in [4.69, 9.17) is 9.47 Å². The Hall–Kier alpha value is -2.43. The fourth-order valence-electron chi connectivity index (χ4n) is 2.92. The molecule has 5 heteroatoms. The maximum absolute atomic E-state index is 12.4. The summed E-state index contributed by atoms with van der Waals surface area (Å²) in [4.78, 5) is 28.9. The maximum Gasteiger partial charge on any atom is 0.340 e. The largest absolute Gasteiger partial charge is 0.462 e. The lowest BCUT2D eigenvalue weighted by Gasteiger charge is -2.14. The fourth-order valence-corrected chi connectivity index (χ4v) is 2.92. The van der Waals surface area contributed by atoms with Crippen LogP contribution in [-0.4, -0.2) is 23.5 Å². The van der Waals surface area contributed by atoms with Crippen LogP contribution in [0.15, 0.2) is 24.3 Å². The fraction of sp³-hybridized carbons (Fsp3) is 0.421. The Morgan fingerprint density at radius 1 is 1.25 bits per heavy atom. The highest BCUT2D eigenvalue weighted by Gasteiger charge is 2.40. The summed E-state index contributed by atoms with van der Waals surface area (Å²) in [5.74, 6) is -0.282. The third-order valence-corrected chi connectivity index (χ3v) is 4.47. The number of carbonyl (C=O) groups is 2. The molecule has 0 bridgehead atoms. The number of benzene rings is 1. The molecule has 0 aliphatic heterocycles. The average Bonchev–Trinajstić information content (AvgIpc) is 3.30. The van der Waals surface area contributed by atoms with Gasteiger partial charge in [-0.05, 0) is 37.8 Å². The molecule has 1 aliphatic carbocycles. The predicted octanol–water partition coefficient (Wildman–Crippen LogP) is 3.42. The Morgan fingerprint density at radius 2 is 1.96 bits per heavy atom. The summed E-state index contributed by atoms with van der Waals surface area (Å²) in [5.41, 5.74) is 2.41. The number of nitrogens with zero attached hydrogens (tertiary/aromatic N) is 1. The molecule has 0 saturated heterocycles. The molecule has 1 saturated carbocycles. The molecule has 5 nitrogen and oxygen atoms in total. The Bertz CT molecular complexity index is 799. The van der Waals surface area contributed by atoms with E-state index in [0.717, 1.165) is 22.9 Å². The average molecular weight is 327 g/mol. The van der Waals surface area contributed by atoms with Crippen LogP contribution in [0.5, 0.6) is 0 Å². The van der Waals surface area contributed by atoms with Crippen molar-refractivity contribution in [3.05, 3.63) is 41.1 Å². The number of ether oxygens (including phenoxy) is 2. The SMILES string of the molecule is CCOC(=O)c1c(COC(=O)[C@@H]2C[C@@H]2C)nc2ccccc2c1C. The quantitative estimate of drug-likeness (QED) is 0.787. The van der Waals surface area contributed by atoms with Gasteiger partial charge >= 0.3 is 11.9 Å². The molecule has 1 aliphatic rings. The van der Waals surface area contributed by atoms with E-state index in [9.17, 15) is 9.59 Å². The molecule has 0 amide bonds. The van der Waals surface area contributed by atoms with E-state index in [1.165, 1.54) is 0 Å². The molecule has 0 unspecified atom stereocenters. The van der Waals surface area contributed by atoms with E-state index in [-0.39, 0.29) is 25.1 Å². The number of rotatable bonds is 5. The smallest absolute Gasteiger partial charge is 0.340 e. The second-order valence-corrected chi connectivity index (χ2v) is 6.22. The van der Waals surface area contributed by atoms with Crippen LogP contribution in [0, 0.1) is 18.8 Å². The number of esters is 2. The highest BCUT2D eigenvalue weighted by molar-refractivity contribution is 5.98. The first-order valence-electron chi connectivity index (χ1n) is 8.24. The molecule has 0 radical (unpaired) electrons. The zero-order valence-corrected chi connectivity index (χ0v) is 14.2. The molecule has 0 spiro atoms. The van der Waals surface area contributed by atoms with Crippen molar-refractivity contribution >= 4 is 22.8 Å². The highest BCUT2D eigenvalue weighted by atomic mass is 16.5. The minimum atomic E-state index is -0.431. The maximum atomic E-state index is 12.4. The van der Waals surface area contributed by atoms with Gasteiger partial charge in [-0.1, -0.05) is 25.1 Å². The van der Waals surface area contributed by atoms with E-state index >= 15 is 0 Å². The van der Waals surface area contributed by atoms with Crippen LogP contribution in [0.4, 0.5) is 0 Å². The van der Waals surface area contributed by atoms with Gasteiger partial charge in [0.05, 0.1) is 29.3 Å². The Labute approximate surface area is 141 Å². The van der Waals surface area contributed by atoms with Crippen molar-refractivity contribution in [2.24, 2.45) is 11.8 Å². The molecule has 2 aromatic rings. The number of hydrogen-bond donors (Lipinski definition) is 0. The summed E-state index contributed by atoms with van der Waals surface area (Å²) in [6.07, 6.45) is 0.869.